The van der Waals surface area contributed by atoms with Crippen LogP contribution in [-0.4, -0.2) is 6.54 Å². The molecule has 0 bridgehead atoms. The van der Waals surface area contributed by atoms with Gasteiger partial charge >= 0.3 is 0 Å². The molecular weight excluding hydrogens is 232 g/mol. The summed E-state index contributed by atoms with van der Waals surface area (Å²) >= 11 is 0. The first-order valence-electron chi connectivity index (χ1n) is 6.77. The highest BCUT2D eigenvalue weighted by Gasteiger charge is 2.09. The average molecular weight is 254 g/mol. The quantitative estimate of drug-likeness (QED) is 0.838. The third-order valence-corrected chi connectivity index (χ3v) is 3.50. The molecule has 0 heterocycles. The molecule has 0 atom stereocenters. The Morgan fingerprint density at radius 1 is 1.05 bits per heavy atom. The van der Waals surface area contributed by atoms with Crippen LogP contribution in [-0.2, 0) is 6.54 Å². The van der Waals surface area contributed by atoms with E-state index in [1.165, 1.54) is 22.4 Å². The lowest BCUT2D eigenvalue weighted by Gasteiger charge is -2.25. The summed E-state index contributed by atoms with van der Waals surface area (Å²) < 4.78 is 0. The smallest absolute Gasteiger partial charge is 0.0449 e. The van der Waals surface area contributed by atoms with Gasteiger partial charge in [-0.3, -0.25) is 0 Å². The maximum atomic E-state index is 6.08. The molecule has 2 aromatic carbocycles. The van der Waals surface area contributed by atoms with Crippen molar-refractivity contribution in [1.82, 2.24) is 0 Å². The number of nitrogens with zero attached hydrogens (tertiary/aromatic N) is 1. The lowest BCUT2D eigenvalue weighted by atomic mass is 10.1. The molecule has 0 saturated heterocycles. The van der Waals surface area contributed by atoms with E-state index in [0.29, 0.717) is 0 Å². The van der Waals surface area contributed by atoms with E-state index in [9.17, 15) is 0 Å². The van der Waals surface area contributed by atoms with E-state index in [-0.39, 0.29) is 0 Å². The number of benzene rings is 2. The first-order valence-corrected chi connectivity index (χ1v) is 6.77. The summed E-state index contributed by atoms with van der Waals surface area (Å²) in [7, 11) is 0. The van der Waals surface area contributed by atoms with Gasteiger partial charge in [0, 0.05) is 24.5 Å². The largest absolute Gasteiger partial charge is 0.398 e. The van der Waals surface area contributed by atoms with E-state index >= 15 is 0 Å². The molecule has 0 spiro atoms. The molecule has 2 nitrogen and oxygen atoms in total. The van der Waals surface area contributed by atoms with Crippen molar-refractivity contribution in [3.8, 4) is 0 Å². The van der Waals surface area contributed by atoms with Crippen molar-refractivity contribution in [3.05, 3.63) is 59.2 Å². The van der Waals surface area contributed by atoms with Gasteiger partial charge < -0.3 is 10.6 Å². The van der Waals surface area contributed by atoms with Crippen LogP contribution in [0.1, 0.15) is 23.6 Å². The van der Waals surface area contributed by atoms with Crippen molar-refractivity contribution in [2.24, 2.45) is 0 Å². The fourth-order valence-corrected chi connectivity index (χ4v) is 2.36. The molecule has 0 aliphatic rings. The molecule has 0 aliphatic heterocycles. The van der Waals surface area contributed by atoms with Gasteiger partial charge in [0.25, 0.3) is 0 Å². The summed E-state index contributed by atoms with van der Waals surface area (Å²) in [6.45, 7) is 8.26. The molecule has 0 amide bonds. The molecule has 2 aromatic rings. The topological polar surface area (TPSA) is 29.3 Å². The average Bonchev–Trinajstić information content (AvgIpc) is 2.41. The Morgan fingerprint density at radius 3 is 2.47 bits per heavy atom. The van der Waals surface area contributed by atoms with Crippen LogP contribution in [0.4, 0.5) is 11.4 Å². The van der Waals surface area contributed by atoms with E-state index in [2.05, 4.69) is 62.1 Å². The van der Waals surface area contributed by atoms with Gasteiger partial charge in [-0.25, -0.2) is 0 Å². The van der Waals surface area contributed by atoms with Crippen LogP contribution in [0.15, 0.2) is 42.5 Å². The van der Waals surface area contributed by atoms with Gasteiger partial charge in [-0.2, -0.15) is 0 Å². The lowest BCUT2D eigenvalue weighted by Crippen LogP contribution is -2.23. The van der Waals surface area contributed by atoms with E-state index < -0.39 is 0 Å². The van der Waals surface area contributed by atoms with Gasteiger partial charge in [0.15, 0.2) is 0 Å². The highest BCUT2D eigenvalue weighted by molar-refractivity contribution is 5.56. The monoisotopic (exact) mass is 254 g/mol. The molecule has 0 aliphatic carbocycles. The summed E-state index contributed by atoms with van der Waals surface area (Å²) in [6, 6.07) is 14.7. The zero-order valence-corrected chi connectivity index (χ0v) is 12.0. The van der Waals surface area contributed by atoms with Gasteiger partial charge in [0.05, 0.1) is 0 Å². The van der Waals surface area contributed by atoms with E-state index in [1.807, 2.05) is 6.07 Å². The van der Waals surface area contributed by atoms with E-state index in [4.69, 9.17) is 5.73 Å². The minimum atomic E-state index is 0.856. The van der Waals surface area contributed by atoms with Gasteiger partial charge in [0.1, 0.15) is 0 Å². The van der Waals surface area contributed by atoms with Gasteiger partial charge in [-0.05, 0) is 44.0 Å². The van der Waals surface area contributed by atoms with Crippen LogP contribution in [0, 0.1) is 13.8 Å². The third-order valence-electron chi connectivity index (χ3n) is 3.50. The highest BCUT2D eigenvalue weighted by Crippen LogP contribution is 2.23. The number of anilines is 2. The second kappa shape index (κ2) is 5.79. The normalized spacial score (nSPS) is 10.5. The molecular formula is C17H22N2. The maximum Gasteiger partial charge on any atom is 0.0449 e. The minimum Gasteiger partial charge on any atom is -0.398 e. The highest BCUT2D eigenvalue weighted by atomic mass is 15.1. The van der Waals surface area contributed by atoms with Crippen molar-refractivity contribution in [1.29, 1.82) is 0 Å². The number of rotatable bonds is 4. The Hall–Kier alpha value is -1.96. The molecule has 19 heavy (non-hydrogen) atoms. The molecule has 2 rings (SSSR count). The van der Waals surface area contributed by atoms with Crippen LogP contribution < -0.4 is 10.6 Å². The summed E-state index contributed by atoms with van der Waals surface area (Å²) in [4.78, 5) is 2.36. The molecule has 2 heteroatoms. The zero-order valence-electron chi connectivity index (χ0n) is 12.0. The lowest BCUT2D eigenvalue weighted by molar-refractivity contribution is 0.829. The fourth-order valence-electron chi connectivity index (χ4n) is 2.36. The van der Waals surface area contributed by atoms with Gasteiger partial charge in [0.2, 0.25) is 0 Å². The van der Waals surface area contributed by atoms with E-state index in [0.717, 1.165) is 18.8 Å². The Bertz CT molecular complexity index is 561. The molecule has 0 fully saturated rings. The van der Waals surface area contributed by atoms with E-state index in [1.54, 1.807) is 0 Å². The Kier molecular flexibility index (Phi) is 4.10. The Morgan fingerprint density at radius 2 is 1.79 bits per heavy atom. The Balaban J connectivity index is 2.29. The minimum absolute atomic E-state index is 0.856. The number of nitrogen functional groups attached to an aromatic ring is 1. The molecule has 0 aromatic heterocycles. The van der Waals surface area contributed by atoms with Crippen LogP contribution in [0.5, 0.6) is 0 Å². The summed E-state index contributed by atoms with van der Waals surface area (Å²) in [5.41, 5.74) is 12.0. The van der Waals surface area contributed by atoms with Crippen molar-refractivity contribution in [2.45, 2.75) is 27.3 Å². The van der Waals surface area contributed by atoms with Crippen molar-refractivity contribution >= 4 is 11.4 Å². The standard InChI is InChI=1S/C17H22N2/c1-4-19(17-8-6-5-7-14(17)3)12-15-11-13(2)9-10-16(15)18/h5-11H,4,12,18H2,1-3H3. The van der Waals surface area contributed by atoms with Crippen LogP contribution in [0.3, 0.4) is 0 Å². The fraction of sp³-hybridized carbons (Fsp3) is 0.294. The zero-order chi connectivity index (χ0) is 13.8. The molecule has 100 valence electrons. The van der Waals surface area contributed by atoms with Crippen LogP contribution >= 0.6 is 0 Å². The third kappa shape index (κ3) is 3.08. The summed E-state index contributed by atoms with van der Waals surface area (Å²) in [5.74, 6) is 0. The van der Waals surface area contributed by atoms with Crippen molar-refractivity contribution in [2.75, 3.05) is 17.2 Å². The van der Waals surface area contributed by atoms with Crippen molar-refractivity contribution in [3.63, 3.8) is 0 Å². The first-order chi connectivity index (χ1) is 9.11. The number of aryl methyl sites for hydroxylation is 2. The number of hydrogen-bond donors (Lipinski definition) is 1. The molecule has 0 saturated carbocycles. The second-order valence-corrected chi connectivity index (χ2v) is 5.00. The van der Waals surface area contributed by atoms with Crippen LogP contribution in [0.25, 0.3) is 0 Å². The van der Waals surface area contributed by atoms with Gasteiger partial charge in [-0.15, -0.1) is 0 Å². The first kappa shape index (κ1) is 13.5. The summed E-state index contributed by atoms with van der Waals surface area (Å²) in [6.07, 6.45) is 0. The molecule has 0 radical (unpaired) electrons. The number of nitrogens with two attached hydrogens (primary N) is 1. The van der Waals surface area contributed by atoms with Crippen LogP contribution in [0.2, 0.25) is 0 Å². The maximum absolute atomic E-state index is 6.08. The predicted molar refractivity (Wildman–Crippen MR) is 83.5 cm³/mol. The second-order valence-electron chi connectivity index (χ2n) is 5.00. The SMILES string of the molecule is CCN(Cc1cc(C)ccc1N)c1ccccc1C. The molecule has 2 N–H and O–H groups in total. The predicted octanol–water partition coefficient (Wildman–Crippen LogP) is 3.91. The molecule has 0 unspecified atom stereocenters. The summed E-state index contributed by atoms with van der Waals surface area (Å²) in [5, 5.41) is 0. The number of para-hydroxylation sites is 1. The van der Waals surface area contributed by atoms with Gasteiger partial charge in [-0.1, -0.05) is 35.9 Å². The van der Waals surface area contributed by atoms with Crippen molar-refractivity contribution < 1.29 is 0 Å². The Labute approximate surface area is 115 Å². The number of hydrogen-bond acceptors (Lipinski definition) is 2.